The van der Waals surface area contributed by atoms with Crippen molar-refractivity contribution in [2.24, 2.45) is 10.8 Å². The number of benzene rings is 2. The number of carbonyl (C=O) groups is 2. The van der Waals surface area contributed by atoms with Gasteiger partial charge >= 0.3 is 0 Å². The Morgan fingerprint density at radius 2 is 0.982 bits per heavy atom. The lowest BCUT2D eigenvalue weighted by Crippen LogP contribution is -2.22. The average molecular weight is 757 g/mol. The third-order valence-electron chi connectivity index (χ3n) is 12.0. The van der Waals surface area contributed by atoms with Gasteiger partial charge < -0.3 is 9.80 Å². The Morgan fingerprint density at radius 1 is 0.625 bits per heavy atom. The molecule has 2 aromatic carbocycles. The molecule has 2 aliphatic carbocycles. The first-order chi connectivity index (χ1) is 26.6. The summed E-state index contributed by atoms with van der Waals surface area (Å²) in [6.45, 7) is 9.35. The Morgan fingerprint density at radius 3 is 1.29 bits per heavy atom. The van der Waals surface area contributed by atoms with Gasteiger partial charge in [0.1, 0.15) is 11.1 Å². The zero-order chi connectivity index (χ0) is 40.1. The van der Waals surface area contributed by atoms with Gasteiger partial charge in [0, 0.05) is 63.8 Å². The number of carbonyl (C=O) groups excluding carboxylic acids is 2. The van der Waals surface area contributed by atoms with Gasteiger partial charge in [-0.3, -0.25) is 29.4 Å². The molecular weight excluding hydrogens is 705 g/mol. The molecule has 2 fully saturated rings. The number of aromatic amines is 2. The minimum atomic E-state index is -0.237. The largest absolute Gasteiger partial charge is 0.345 e. The van der Waals surface area contributed by atoms with Gasteiger partial charge in [-0.05, 0) is 59.5 Å². The minimum Gasteiger partial charge on any atom is -0.345 e. The fourth-order valence-electron chi connectivity index (χ4n) is 8.72. The second-order valence-electron chi connectivity index (χ2n) is 17.2. The van der Waals surface area contributed by atoms with E-state index in [0.29, 0.717) is 56.5 Å². The van der Waals surface area contributed by atoms with Crippen molar-refractivity contribution in [1.29, 1.82) is 0 Å². The van der Waals surface area contributed by atoms with Crippen LogP contribution >= 0.6 is 0 Å². The fraction of sp³-hybridized carbons (Fsp3) is 0.409. The first kappa shape index (κ1) is 38.5. The number of hydrogen-bond acceptors (Lipinski definition) is 6. The number of amides is 2. The maximum absolute atomic E-state index is 12.5. The summed E-state index contributed by atoms with van der Waals surface area (Å²) >= 11 is 0. The fourth-order valence-corrected chi connectivity index (χ4v) is 8.72. The molecule has 0 bridgehead atoms. The van der Waals surface area contributed by atoms with Crippen LogP contribution in [0.4, 0.5) is 0 Å². The molecule has 292 valence electrons. The van der Waals surface area contributed by atoms with Crippen LogP contribution < -0.4 is 11.1 Å². The van der Waals surface area contributed by atoms with Crippen LogP contribution in [0.2, 0.25) is 0 Å². The highest BCUT2D eigenvalue weighted by atomic mass is 16.2. The summed E-state index contributed by atoms with van der Waals surface area (Å²) in [5.41, 5.74) is 7.23. The van der Waals surface area contributed by atoms with Crippen LogP contribution in [0.15, 0.2) is 82.6 Å². The minimum absolute atomic E-state index is 0.193. The lowest BCUT2D eigenvalue weighted by molar-refractivity contribution is 0.0822. The van der Waals surface area contributed by atoms with Gasteiger partial charge in [0.2, 0.25) is 0 Å². The van der Waals surface area contributed by atoms with E-state index in [1.807, 2.05) is 24.3 Å². The van der Waals surface area contributed by atoms with Crippen LogP contribution in [0.5, 0.6) is 0 Å². The van der Waals surface area contributed by atoms with Crippen molar-refractivity contribution in [3.05, 3.63) is 116 Å². The summed E-state index contributed by atoms with van der Waals surface area (Å²) in [7, 11) is 6.71. The second kappa shape index (κ2) is 14.7. The molecule has 12 nitrogen and oxygen atoms in total. The molecule has 2 N–H and O–H groups in total. The average Bonchev–Trinajstić information content (AvgIpc) is 3.96. The molecule has 2 saturated carbocycles. The smallest absolute Gasteiger partial charge is 0.273 e. The number of fused-ring (bicyclic) bond motifs is 2. The van der Waals surface area contributed by atoms with Crippen molar-refractivity contribution in [1.82, 2.24) is 39.0 Å². The molecule has 12 heteroatoms. The van der Waals surface area contributed by atoms with Gasteiger partial charge in [0.25, 0.3) is 22.9 Å². The molecule has 4 heterocycles. The van der Waals surface area contributed by atoms with E-state index in [0.717, 1.165) is 11.1 Å². The van der Waals surface area contributed by atoms with Gasteiger partial charge in [0.15, 0.2) is 11.3 Å². The van der Waals surface area contributed by atoms with E-state index < -0.39 is 0 Å². The van der Waals surface area contributed by atoms with Crippen molar-refractivity contribution >= 4 is 23.1 Å². The van der Waals surface area contributed by atoms with E-state index in [4.69, 9.17) is 0 Å². The first-order valence-electron chi connectivity index (χ1n) is 19.4. The predicted molar refractivity (Wildman–Crippen MR) is 219 cm³/mol. The van der Waals surface area contributed by atoms with Crippen molar-refractivity contribution < 1.29 is 9.59 Å². The predicted octanol–water partition coefficient (Wildman–Crippen LogP) is 7.37. The highest BCUT2D eigenvalue weighted by Gasteiger charge is 2.36. The third-order valence-corrected chi connectivity index (χ3v) is 12.0. The van der Waals surface area contributed by atoms with Crippen molar-refractivity contribution in [3.8, 4) is 22.5 Å². The molecule has 56 heavy (non-hydrogen) atoms. The molecule has 2 amide bonds. The van der Waals surface area contributed by atoms with Gasteiger partial charge in [-0.2, -0.15) is 0 Å². The third kappa shape index (κ3) is 7.20. The summed E-state index contributed by atoms with van der Waals surface area (Å²) in [6.07, 6.45) is 10.5. The van der Waals surface area contributed by atoms with Gasteiger partial charge in [-0.25, -0.2) is 19.0 Å². The Kier molecular flexibility index (Phi) is 10.1. The van der Waals surface area contributed by atoms with Crippen LogP contribution in [0.1, 0.15) is 110 Å². The standard InChI is InChI=1S/2C22H26N4O2/c2*1-22(2)11-5-6-17(22)14-7-9-15(10-8-14)18-12-19(27)26-20(24-18)16(13-23-26)21(28)25(3)4/h2*7-10,12-13,17,23H,5-6,11H2,1-4H3. The number of H-pyrrole nitrogens is 2. The summed E-state index contributed by atoms with van der Waals surface area (Å²) in [6, 6.07) is 19.7. The topological polar surface area (TPSA) is 141 Å². The highest BCUT2D eigenvalue weighted by molar-refractivity contribution is 6.00. The van der Waals surface area contributed by atoms with E-state index in [1.54, 1.807) is 28.2 Å². The normalized spacial score (nSPS) is 18.5. The first-order valence-corrected chi connectivity index (χ1v) is 19.4. The van der Waals surface area contributed by atoms with E-state index in [1.165, 1.54) is 93.0 Å². The molecule has 2 aliphatic rings. The lowest BCUT2D eigenvalue weighted by Gasteiger charge is -2.27. The molecule has 2 atom stereocenters. The van der Waals surface area contributed by atoms with Crippen molar-refractivity contribution in [2.45, 2.75) is 78.1 Å². The Labute approximate surface area is 326 Å². The number of nitrogens with one attached hydrogen (secondary N) is 2. The summed E-state index contributed by atoms with van der Waals surface area (Å²) < 4.78 is 2.60. The van der Waals surface area contributed by atoms with Crippen LogP contribution in [-0.2, 0) is 0 Å². The molecule has 0 aliphatic heterocycles. The van der Waals surface area contributed by atoms with Crippen LogP contribution in [0.3, 0.4) is 0 Å². The van der Waals surface area contributed by atoms with E-state index in [2.05, 4.69) is 72.1 Å². The molecule has 6 aromatic rings. The molecule has 0 spiro atoms. The number of nitrogens with zero attached hydrogens (tertiary/aromatic N) is 6. The summed E-state index contributed by atoms with van der Waals surface area (Å²) in [5.74, 6) is 0.747. The van der Waals surface area contributed by atoms with Crippen LogP contribution in [0, 0.1) is 10.8 Å². The molecular formula is C44H52N8O4. The SMILES string of the molecule is CN(C)C(=O)c1c[nH]n2c(=O)cc(-c3ccc(C4CCCC4(C)C)cc3)nc12.CN(C)C(=O)c1c[nH]n2c(=O)cc(-c3ccc(C4CCCC4(C)C)cc3)nc12. The summed E-state index contributed by atoms with van der Waals surface area (Å²) in [5, 5.41) is 5.64. The maximum atomic E-state index is 12.5. The molecule has 0 radical (unpaired) electrons. The van der Waals surface area contributed by atoms with Gasteiger partial charge in [-0.1, -0.05) is 89.1 Å². The van der Waals surface area contributed by atoms with Gasteiger partial charge in [0.05, 0.1) is 11.4 Å². The van der Waals surface area contributed by atoms with E-state index >= 15 is 0 Å². The molecule has 2 unspecified atom stereocenters. The Hall–Kier alpha value is -5.78. The monoisotopic (exact) mass is 756 g/mol. The zero-order valence-corrected chi connectivity index (χ0v) is 33.6. The van der Waals surface area contributed by atoms with Crippen LogP contribution in [-0.4, -0.2) is 79.0 Å². The van der Waals surface area contributed by atoms with Crippen molar-refractivity contribution in [2.75, 3.05) is 28.2 Å². The number of rotatable bonds is 6. The number of aromatic nitrogens is 6. The quantitative estimate of drug-likeness (QED) is 0.182. The number of hydrogen-bond donors (Lipinski definition) is 2. The van der Waals surface area contributed by atoms with Crippen LogP contribution in [0.25, 0.3) is 33.8 Å². The highest BCUT2D eigenvalue weighted by Crippen LogP contribution is 2.50. The molecule has 0 saturated heterocycles. The second-order valence-corrected chi connectivity index (χ2v) is 17.2. The van der Waals surface area contributed by atoms with Gasteiger partial charge in [-0.15, -0.1) is 0 Å². The van der Waals surface area contributed by atoms with E-state index in [-0.39, 0.29) is 22.9 Å². The lowest BCUT2D eigenvalue weighted by atomic mass is 9.77. The zero-order valence-electron chi connectivity index (χ0n) is 33.6. The summed E-state index contributed by atoms with van der Waals surface area (Å²) in [4.78, 5) is 61.9. The van der Waals surface area contributed by atoms with Crippen molar-refractivity contribution in [3.63, 3.8) is 0 Å². The maximum Gasteiger partial charge on any atom is 0.273 e. The molecule has 4 aromatic heterocycles. The molecule has 8 rings (SSSR count). The Bertz CT molecular complexity index is 2360. The Balaban J connectivity index is 0.000000172. The van der Waals surface area contributed by atoms with E-state index in [9.17, 15) is 19.2 Å².